The monoisotopic (exact) mass is 363 g/mol. The average Bonchev–Trinajstić information content (AvgIpc) is 3.29. The Balaban J connectivity index is 1.54. The van der Waals surface area contributed by atoms with Gasteiger partial charge in [0.25, 0.3) is 0 Å². The van der Waals surface area contributed by atoms with Crippen LogP contribution >= 0.6 is 0 Å². The normalized spacial score (nSPS) is 22.4. The third kappa shape index (κ3) is 5.20. The predicted molar refractivity (Wildman–Crippen MR) is 102 cm³/mol. The zero-order chi connectivity index (χ0) is 18.4. The molecule has 1 N–H and O–H groups in total. The van der Waals surface area contributed by atoms with Crippen LogP contribution in [0.15, 0.2) is 15.6 Å². The molecule has 0 amide bonds. The maximum atomic E-state index is 5.45. The number of morpholine rings is 1. The highest BCUT2D eigenvalue weighted by Crippen LogP contribution is 2.19. The van der Waals surface area contributed by atoms with Crippen molar-refractivity contribution in [1.29, 1.82) is 0 Å². The van der Waals surface area contributed by atoms with Gasteiger partial charge >= 0.3 is 0 Å². The standard InChI is InChI=1S/C19H33N5O2/c1-4-20-19(21-12-17-11-18(15(2)3)22-26-17)24-6-5-16(14-24)13-23-7-9-25-10-8-23/h11,15-16H,4-10,12-14H2,1-3H3,(H,20,21). The van der Waals surface area contributed by atoms with Gasteiger partial charge in [0, 0.05) is 45.3 Å². The molecule has 1 atom stereocenters. The molecule has 0 bridgehead atoms. The van der Waals surface area contributed by atoms with Crippen molar-refractivity contribution in [1.82, 2.24) is 20.3 Å². The van der Waals surface area contributed by atoms with Crippen LogP contribution in [0.2, 0.25) is 0 Å². The van der Waals surface area contributed by atoms with E-state index in [1.54, 1.807) is 0 Å². The van der Waals surface area contributed by atoms with E-state index in [4.69, 9.17) is 14.3 Å². The minimum Gasteiger partial charge on any atom is -0.379 e. The first-order chi connectivity index (χ1) is 12.7. The van der Waals surface area contributed by atoms with E-state index in [-0.39, 0.29) is 0 Å². The van der Waals surface area contributed by atoms with Gasteiger partial charge in [0.05, 0.1) is 18.9 Å². The van der Waals surface area contributed by atoms with Crippen LogP contribution in [0.25, 0.3) is 0 Å². The van der Waals surface area contributed by atoms with Crippen LogP contribution in [0.3, 0.4) is 0 Å². The van der Waals surface area contributed by atoms with Crippen LogP contribution in [-0.2, 0) is 11.3 Å². The minimum absolute atomic E-state index is 0.379. The molecule has 2 aliphatic rings. The molecule has 1 unspecified atom stereocenters. The lowest BCUT2D eigenvalue weighted by atomic mass is 10.1. The van der Waals surface area contributed by atoms with Gasteiger partial charge in [0.1, 0.15) is 6.54 Å². The summed E-state index contributed by atoms with van der Waals surface area (Å²) in [6, 6.07) is 2.02. The zero-order valence-electron chi connectivity index (χ0n) is 16.4. The highest BCUT2D eigenvalue weighted by atomic mass is 16.5. The second kappa shape index (κ2) is 9.37. The third-order valence-electron chi connectivity index (χ3n) is 5.09. The lowest BCUT2D eigenvalue weighted by molar-refractivity contribution is 0.0315. The van der Waals surface area contributed by atoms with Crippen LogP contribution < -0.4 is 5.32 Å². The van der Waals surface area contributed by atoms with Crippen molar-refractivity contribution >= 4 is 5.96 Å². The van der Waals surface area contributed by atoms with E-state index in [9.17, 15) is 0 Å². The number of rotatable bonds is 6. The van der Waals surface area contributed by atoms with Gasteiger partial charge in [-0.2, -0.15) is 0 Å². The van der Waals surface area contributed by atoms with Crippen LogP contribution in [0.1, 0.15) is 44.6 Å². The highest BCUT2D eigenvalue weighted by molar-refractivity contribution is 5.80. The van der Waals surface area contributed by atoms with Gasteiger partial charge in [-0.15, -0.1) is 0 Å². The number of aliphatic imine (C=N–C) groups is 1. The van der Waals surface area contributed by atoms with Gasteiger partial charge in [-0.25, -0.2) is 4.99 Å². The van der Waals surface area contributed by atoms with Crippen molar-refractivity contribution in [2.45, 2.75) is 39.7 Å². The molecule has 1 aromatic rings. The van der Waals surface area contributed by atoms with Crippen molar-refractivity contribution in [2.75, 3.05) is 52.5 Å². The number of hydrogen-bond donors (Lipinski definition) is 1. The quantitative estimate of drug-likeness (QED) is 0.615. The summed E-state index contributed by atoms with van der Waals surface area (Å²) >= 11 is 0. The molecule has 0 radical (unpaired) electrons. The fourth-order valence-electron chi connectivity index (χ4n) is 3.58. The van der Waals surface area contributed by atoms with Crippen LogP contribution in [0.5, 0.6) is 0 Å². The summed E-state index contributed by atoms with van der Waals surface area (Å²) in [7, 11) is 0. The molecule has 146 valence electrons. The topological polar surface area (TPSA) is 66.1 Å². The Morgan fingerprint density at radius 1 is 1.35 bits per heavy atom. The maximum absolute atomic E-state index is 5.45. The number of ether oxygens (including phenoxy) is 1. The summed E-state index contributed by atoms with van der Waals surface area (Å²) < 4.78 is 10.9. The Labute approximate surface area is 156 Å². The number of nitrogens with zero attached hydrogens (tertiary/aromatic N) is 4. The van der Waals surface area contributed by atoms with E-state index in [2.05, 4.69) is 41.0 Å². The summed E-state index contributed by atoms with van der Waals surface area (Å²) in [6.07, 6.45) is 1.22. The number of hydrogen-bond acceptors (Lipinski definition) is 5. The molecule has 2 aliphatic heterocycles. The molecular formula is C19H33N5O2. The molecule has 0 aliphatic carbocycles. The number of guanidine groups is 1. The summed E-state index contributed by atoms with van der Waals surface area (Å²) in [5.41, 5.74) is 0.993. The Hall–Kier alpha value is -1.60. The van der Waals surface area contributed by atoms with Crippen molar-refractivity contribution < 1.29 is 9.26 Å². The van der Waals surface area contributed by atoms with E-state index in [1.807, 2.05) is 6.07 Å². The van der Waals surface area contributed by atoms with Gasteiger partial charge in [-0.1, -0.05) is 19.0 Å². The summed E-state index contributed by atoms with van der Waals surface area (Å²) in [4.78, 5) is 9.70. The van der Waals surface area contributed by atoms with E-state index < -0.39 is 0 Å². The predicted octanol–water partition coefficient (Wildman–Crippen LogP) is 1.92. The van der Waals surface area contributed by atoms with Gasteiger partial charge < -0.3 is 19.5 Å². The molecular weight excluding hydrogens is 330 g/mol. The highest BCUT2D eigenvalue weighted by Gasteiger charge is 2.27. The molecule has 1 aromatic heterocycles. The van der Waals surface area contributed by atoms with Gasteiger partial charge in [-0.05, 0) is 25.2 Å². The second-order valence-corrected chi connectivity index (χ2v) is 7.56. The average molecular weight is 364 g/mol. The molecule has 26 heavy (non-hydrogen) atoms. The van der Waals surface area contributed by atoms with E-state index in [0.717, 1.165) is 63.4 Å². The number of likely N-dealkylation sites (tertiary alicyclic amines) is 1. The summed E-state index contributed by atoms with van der Waals surface area (Å²) in [5.74, 6) is 2.90. The fraction of sp³-hybridized carbons (Fsp3) is 0.789. The first-order valence-corrected chi connectivity index (χ1v) is 9.94. The van der Waals surface area contributed by atoms with E-state index >= 15 is 0 Å². The smallest absolute Gasteiger partial charge is 0.194 e. The van der Waals surface area contributed by atoms with E-state index in [0.29, 0.717) is 18.4 Å². The van der Waals surface area contributed by atoms with Crippen LogP contribution in [0.4, 0.5) is 0 Å². The summed E-state index contributed by atoms with van der Waals surface area (Å²) in [6.45, 7) is 14.9. The first kappa shape index (κ1) is 19.2. The van der Waals surface area contributed by atoms with Crippen molar-refractivity contribution in [3.8, 4) is 0 Å². The molecule has 3 rings (SSSR count). The largest absolute Gasteiger partial charge is 0.379 e. The number of nitrogens with one attached hydrogen (secondary N) is 1. The summed E-state index contributed by atoms with van der Waals surface area (Å²) in [5, 5.41) is 7.55. The van der Waals surface area contributed by atoms with Crippen LogP contribution in [-0.4, -0.2) is 73.4 Å². The second-order valence-electron chi connectivity index (χ2n) is 7.56. The first-order valence-electron chi connectivity index (χ1n) is 9.94. The molecule has 2 saturated heterocycles. The Bertz CT molecular complexity index is 580. The van der Waals surface area contributed by atoms with Crippen LogP contribution in [0, 0.1) is 5.92 Å². The molecule has 0 saturated carbocycles. The fourth-order valence-corrected chi connectivity index (χ4v) is 3.58. The van der Waals surface area contributed by atoms with Crippen molar-refractivity contribution in [3.05, 3.63) is 17.5 Å². The molecule has 3 heterocycles. The minimum atomic E-state index is 0.379. The van der Waals surface area contributed by atoms with Gasteiger partial charge in [0.15, 0.2) is 11.7 Å². The molecule has 0 aromatic carbocycles. The lowest BCUT2D eigenvalue weighted by Gasteiger charge is -2.29. The molecule has 0 spiro atoms. The van der Waals surface area contributed by atoms with Gasteiger partial charge in [0.2, 0.25) is 0 Å². The van der Waals surface area contributed by atoms with Gasteiger partial charge in [-0.3, -0.25) is 4.90 Å². The van der Waals surface area contributed by atoms with Crippen molar-refractivity contribution in [2.24, 2.45) is 10.9 Å². The Morgan fingerprint density at radius 2 is 2.15 bits per heavy atom. The molecule has 7 nitrogen and oxygen atoms in total. The maximum Gasteiger partial charge on any atom is 0.194 e. The zero-order valence-corrected chi connectivity index (χ0v) is 16.4. The molecule has 7 heteroatoms. The lowest BCUT2D eigenvalue weighted by Crippen LogP contribution is -2.42. The Morgan fingerprint density at radius 3 is 2.85 bits per heavy atom. The van der Waals surface area contributed by atoms with Crippen molar-refractivity contribution in [3.63, 3.8) is 0 Å². The third-order valence-corrected chi connectivity index (χ3v) is 5.09. The SMILES string of the molecule is CCNC(=NCc1cc(C(C)C)no1)N1CCC(CN2CCOCC2)C1. The molecule has 2 fully saturated rings. The van der Waals surface area contributed by atoms with E-state index in [1.165, 1.54) is 13.0 Å². The number of aromatic nitrogens is 1. The Kier molecular flexibility index (Phi) is 6.91.